The molecule has 1 aliphatic heterocycles. The first kappa shape index (κ1) is 14.2. The summed E-state index contributed by atoms with van der Waals surface area (Å²) >= 11 is 0. The number of rotatable bonds is 2. The first-order valence-corrected chi connectivity index (χ1v) is 9.13. The van der Waals surface area contributed by atoms with Crippen molar-refractivity contribution in [3.05, 3.63) is 0 Å². The van der Waals surface area contributed by atoms with Gasteiger partial charge in [0.05, 0.1) is 17.7 Å². The smallest absolute Gasteiger partial charge is 0.241 e. The number of hydrogen-bond donors (Lipinski definition) is 2. The number of nitrogens with zero attached hydrogens (tertiary/aromatic N) is 2. The van der Waals surface area contributed by atoms with Crippen molar-refractivity contribution in [2.24, 2.45) is 28.9 Å². The Labute approximate surface area is 136 Å². The predicted octanol–water partition coefficient (Wildman–Crippen LogP) is 1.16. The molecular formula is C18H25N3O2. The molecule has 6 aliphatic rings. The number of likely N-dealkylation sites (tertiary alicyclic amines) is 1. The zero-order valence-electron chi connectivity index (χ0n) is 13.4. The van der Waals surface area contributed by atoms with Gasteiger partial charge in [0.2, 0.25) is 5.91 Å². The molecule has 0 aromatic carbocycles. The Morgan fingerprint density at radius 1 is 1.22 bits per heavy atom. The fourth-order valence-electron chi connectivity index (χ4n) is 6.96. The van der Waals surface area contributed by atoms with Gasteiger partial charge in [0, 0.05) is 6.04 Å². The molecule has 3 N–H and O–H groups in total. The normalized spacial score (nSPS) is 53.8. The molecule has 3 unspecified atom stereocenters. The Balaban J connectivity index is 1.43. The number of carbonyl (C=O) groups excluding carboxylic acids is 1. The van der Waals surface area contributed by atoms with E-state index >= 15 is 0 Å². The van der Waals surface area contributed by atoms with Crippen LogP contribution in [0.5, 0.6) is 0 Å². The lowest BCUT2D eigenvalue weighted by Gasteiger charge is -2.61. The van der Waals surface area contributed by atoms with Crippen LogP contribution in [0.3, 0.4) is 0 Å². The lowest BCUT2D eigenvalue weighted by Crippen LogP contribution is -2.64. The maximum absolute atomic E-state index is 13.1. The van der Waals surface area contributed by atoms with E-state index in [1.54, 1.807) is 4.90 Å². The molecule has 124 valence electrons. The maximum atomic E-state index is 13.1. The fourth-order valence-corrected chi connectivity index (χ4v) is 6.96. The summed E-state index contributed by atoms with van der Waals surface area (Å²) in [5.74, 6) is 1.56. The van der Waals surface area contributed by atoms with Crippen LogP contribution in [0.2, 0.25) is 0 Å². The molecule has 1 heterocycles. The van der Waals surface area contributed by atoms with E-state index in [9.17, 15) is 15.2 Å². The van der Waals surface area contributed by atoms with E-state index in [0.717, 1.165) is 38.5 Å². The first-order chi connectivity index (χ1) is 10.9. The van der Waals surface area contributed by atoms with E-state index < -0.39 is 11.6 Å². The summed E-state index contributed by atoms with van der Waals surface area (Å²) in [6.07, 6.45) is 7.48. The van der Waals surface area contributed by atoms with Gasteiger partial charge in [-0.15, -0.1) is 0 Å². The van der Waals surface area contributed by atoms with Crippen LogP contribution in [-0.4, -0.2) is 39.6 Å². The van der Waals surface area contributed by atoms with E-state index in [2.05, 4.69) is 6.07 Å². The third kappa shape index (κ3) is 1.88. The number of hydrogen-bond acceptors (Lipinski definition) is 4. The molecule has 23 heavy (non-hydrogen) atoms. The second kappa shape index (κ2) is 4.29. The highest BCUT2D eigenvalue weighted by molar-refractivity contribution is 5.84. The van der Waals surface area contributed by atoms with E-state index in [1.165, 1.54) is 6.42 Å². The van der Waals surface area contributed by atoms with Crippen molar-refractivity contribution in [3.63, 3.8) is 0 Å². The molecule has 6 fully saturated rings. The largest absolute Gasteiger partial charge is 0.390 e. The summed E-state index contributed by atoms with van der Waals surface area (Å²) in [5.41, 5.74) is 5.71. The maximum Gasteiger partial charge on any atom is 0.241 e. The van der Waals surface area contributed by atoms with Crippen LogP contribution in [0.15, 0.2) is 0 Å². The van der Waals surface area contributed by atoms with Gasteiger partial charge in [0.25, 0.3) is 0 Å². The number of nitriles is 1. The molecule has 0 radical (unpaired) electrons. The molecule has 8 atom stereocenters. The van der Waals surface area contributed by atoms with Gasteiger partial charge in [-0.1, -0.05) is 0 Å². The van der Waals surface area contributed by atoms with Gasteiger partial charge in [-0.25, -0.2) is 0 Å². The molecule has 0 spiro atoms. The molecule has 0 aromatic rings. The van der Waals surface area contributed by atoms with Crippen molar-refractivity contribution in [3.8, 4) is 6.07 Å². The van der Waals surface area contributed by atoms with E-state index in [0.29, 0.717) is 24.2 Å². The molecule has 6 rings (SSSR count). The number of aliphatic hydroxyl groups is 1. The summed E-state index contributed by atoms with van der Waals surface area (Å²) in [5, 5.41) is 20.2. The first-order valence-electron chi connectivity index (χ1n) is 9.13. The molecule has 5 heteroatoms. The summed E-state index contributed by atoms with van der Waals surface area (Å²) in [4.78, 5) is 14.9. The van der Waals surface area contributed by atoms with Gasteiger partial charge in [-0.2, -0.15) is 5.26 Å². The van der Waals surface area contributed by atoms with Gasteiger partial charge >= 0.3 is 0 Å². The van der Waals surface area contributed by atoms with Crippen LogP contribution in [0, 0.1) is 34.5 Å². The van der Waals surface area contributed by atoms with Crippen LogP contribution in [0.25, 0.3) is 0 Å². The Bertz CT molecular complexity index is 598. The van der Waals surface area contributed by atoms with Crippen molar-refractivity contribution >= 4 is 5.91 Å². The minimum atomic E-state index is -0.594. The van der Waals surface area contributed by atoms with Crippen molar-refractivity contribution < 1.29 is 9.90 Å². The monoisotopic (exact) mass is 315 g/mol. The molecule has 4 bridgehead atoms. The highest BCUT2D eigenvalue weighted by atomic mass is 16.3. The second-order valence-electron chi connectivity index (χ2n) is 9.21. The van der Waals surface area contributed by atoms with Crippen LogP contribution in [-0.2, 0) is 4.79 Å². The van der Waals surface area contributed by atoms with Crippen LogP contribution in [0.4, 0.5) is 0 Å². The number of fused-ring (bicyclic) bond motifs is 1. The average molecular weight is 315 g/mol. The minimum Gasteiger partial charge on any atom is -0.390 e. The number of nitrogens with two attached hydrogens (primary N) is 1. The van der Waals surface area contributed by atoms with Gasteiger partial charge in [-0.05, 0) is 74.5 Å². The van der Waals surface area contributed by atoms with Crippen LogP contribution in [0.1, 0.15) is 51.4 Å². The van der Waals surface area contributed by atoms with Gasteiger partial charge in [0.1, 0.15) is 6.04 Å². The third-order valence-electron chi connectivity index (χ3n) is 7.51. The zero-order valence-corrected chi connectivity index (χ0v) is 13.4. The molecule has 0 aromatic heterocycles. The van der Waals surface area contributed by atoms with E-state index in [-0.39, 0.29) is 23.4 Å². The highest BCUT2D eigenvalue weighted by Gasteiger charge is 2.62. The highest BCUT2D eigenvalue weighted by Crippen LogP contribution is 2.63. The number of piperidine rings is 1. The van der Waals surface area contributed by atoms with Crippen molar-refractivity contribution in [1.82, 2.24) is 4.90 Å². The summed E-state index contributed by atoms with van der Waals surface area (Å²) < 4.78 is 0. The van der Waals surface area contributed by atoms with E-state index in [4.69, 9.17) is 5.73 Å². The minimum absolute atomic E-state index is 0.0212. The van der Waals surface area contributed by atoms with E-state index in [1.807, 2.05) is 0 Å². The van der Waals surface area contributed by atoms with Gasteiger partial charge in [0.15, 0.2) is 0 Å². The Morgan fingerprint density at radius 2 is 1.91 bits per heavy atom. The Morgan fingerprint density at radius 3 is 2.52 bits per heavy atom. The average Bonchev–Trinajstić information content (AvgIpc) is 3.14. The zero-order chi connectivity index (χ0) is 16.0. The Hall–Kier alpha value is -1.12. The molecule has 5 saturated carbocycles. The van der Waals surface area contributed by atoms with Crippen molar-refractivity contribution in [2.75, 3.05) is 0 Å². The molecule has 1 amide bonds. The topological polar surface area (TPSA) is 90.4 Å². The molecule has 1 saturated heterocycles. The summed E-state index contributed by atoms with van der Waals surface area (Å²) in [6.45, 7) is 0. The lowest BCUT2D eigenvalue weighted by molar-refractivity contribution is -0.177. The Kier molecular flexibility index (Phi) is 2.65. The molecular weight excluding hydrogens is 290 g/mol. The number of amides is 1. The van der Waals surface area contributed by atoms with Crippen molar-refractivity contribution in [1.29, 1.82) is 5.26 Å². The van der Waals surface area contributed by atoms with Crippen molar-refractivity contribution in [2.45, 2.75) is 75.1 Å². The second-order valence-corrected chi connectivity index (χ2v) is 9.21. The fraction of sp³-hybridized carbons (Fsp3) is 0.889. The van der Waals surface area contributed by atoms with Gasteiger partial charge < -0.3 is 15.7 Å². The summed E-state index contributed by atoms with van der Waals surface area (Å²) in [7, 11) is 0. The molecule has 5 aliphatic carbocycles. The van der Waals surface area contributed by atoms with Crippen LogP contribution < -0.4 is 5.73 Å². The number of carbonyl (C=O) groups is 1. The predicted molar refractivity (Wildman–Crippen MR) is 82.8 cm³/mol. The SMILES string of the molecule is N#C[C@@H]1C[C@@H]2C[C@@H]2N1C(=O)[C@H](N)C12CC3C[C@@H](CC(O)(C3)C1)C2. The molecule has 5 nitrogen and oxygen atoms in total. The lowest BCUT2D eigenvalue weighted by atomic mass is 9.46. The van der Waals surface area contributed by atoms with Crippen LogP contribution >= 0.6 is 0 Å². The quantitative estimate of drug-likeness (QED) is 0.800. The third-order valence-corrected chi connectivity index (χ3v) is 7.51. The standard InChI is InChI=1S/C18H25N3O2/c19-8-13-2-12-3-14(12)21(13)16(22)15(20)17-4-10-1-11(5-17)7-18(23,6-10)9-17/h10-15,23H,1-7,9,20H2/t10-,11?,12-,13+,14+,15+,17?,18?/m1/s1. The van der Waals surface area contributed by atoms with Gasteiger partial charge in [-0.3, -0.25) is 4.79 Å². The summed E-state index contributed by atoms with van der Waals surface area (Å²) in [6, 6.07) is 1.72.